The second kappa shape index (κ2) is 9.96. The van der Waals surface area contributed by atoms with Gasteiger partial charge in [0.2, 0.25) is 0 Å². The predicted molar refractivity (Wildman–Crippen MR) is 96.1 cm³/mol. The Kier molecular flexibility index (Phi) is 7.89. The van der Waals surface area contributed by atoms with E-state index in [1.54, 1.807) is 6.92 Å². The Morgan fingerprint density at radius 2 is 1.86 bits per heavy atom. The van der Waals surface area contributed by atoms with E-state index in [1.807, 2.05) is 6.92 Å². The van der Waals surface area contributed by atoms with Crippen LogP contribution in [-0.2, 0) is 14.3 Å². The Morgan fingerprint density at radius 1 is 1.21 bits per heavy atom. The van der Waals surface area contributed by atoms with Crippen molar-refractivity contribution in [3.8, 4) is 5.75 Å². The first-order valence-corrected chi connectivity index (χ1v) is 9.50. The van der Waals surface area contributed by atoms with Crippen LogP contribution in [0.3, 0.4) is 0 Å². The van der Waals surface area contributed by atoms with Crippen molar-refractivity contribution < 1.29 is 42.1 Å². The molecular formula is C20H25F3O6. The van der Waals surface area contributed by atoms with Gasteiger partial charge in [-0.3, -0.25) is 4.79 Å². The molecular weight excluding hydrogens is 393 g/mol. The molecule has 0 amide bonds. The Hall–Kier alpha value is -2.29. The maximum atomic E-state index is 12.3. The van der Waals surface area contributed by atoms with Crippen molar-refractivity contribution >= 4 is 11.9 Å². The molecule has 1 aromatic rings. The lowest BCUT2D eigenvalue weighted by Crippen LogP contribution is -2.39. The highest BCUT2D eigenvalue weighted by atomic mass is 19.4. The van der Waals surface area contributed by atoms with E-state index in [1.165, 1.54) is 0 Å². The summed E-state index contributed by atoms with van der Waals surface area (Å²) in [5, 5.41) is 10.1. The lowest BCUT2D eigenvalue weighted by molar-refractivity contribution is -0.274. The van der Waals surface area contributed by atoms with Crippen molar-refractivity contribution in [1.82, 2.24) is 0 Å². The summed E-state index contributed by atoms with van der Waals surface area (Å²) in [5.41, 5.74) is 0.0389. The zero-order chi connectivity index (χ0) is 21.6. The van der Waals surface area contributed by atoms with Gasteiger partial charge in [-0.2, -0.15) is 0 Å². The number of aliphatic hydroxyl groups excluding tert-OH is 1. The topological polar surface area (TPSA) is 82.1 Å². The highest BCUT2D eigenvalue weighted by Crippen LogP contribution is 2.29. The average molecular weight is 418 g/mol. The molecule has 4 unspecified atom stereocenters. The van der Waals surface area contributed by atoms with Gasteiger partial charge in [0.25, 0.3) is 0 Å². The first-order chi connectivity index (χ1) is 13.6. The predicted octanol–water partition coefficient (Wildman–Crippen LogP) is 3.86. The first-order valence-electron chi connectivity index (χ1n) is 9.50. The molecule has 0 spiro atoms. The van der Waals surface area contributed by atoms with Crippen molar-refractivity contribution in [2.24, 2.45) is 11.8 Å². The number of alkyl halides is 3. The van der Waals surface area contributed by atoms with E-state index < -0.39 is 30.3 Å². The van der Waals surface area contributed by atoms with Crippen LogP contribution in [0, 0.1) is 11.8 Å². The summed E-state index contributed by atoms with van der Waals surface area (Å²) in [4.78, 5) is 24.1. The quantitative estimate of drug-likeness (QED) is 0.677. The van der Waals surface area contributed by atoms with Crippen LogP contribution >= 0.6 is 0 Å². The van der Waals surface area contributed by atoms with Crippen molar-refractivity contribution in [2.45, 2.75) is 58.1 Å². The Labute approximate surface area is 166 Å². The molecule has 9 heteroatoms. The standard InChI is InChI=1S/C20H25F3O6/c1-3-12(2)18(25)27-11-13-4-9-16(24)17(10-13)28-19(26)14-5-7-15(8-6-14)29-20(21,22)23/h5-8,12-13,16-17,24H,3-4,9-11H2,1-2H3. The molecule has 0 aliphatic heterocycles. The summed E-state index contributed by atoms with van der Waals surface area (Å²) < 4.78 is 51.0. The van der Waals surface area contributed by atoms with E-state index in [2.05, 4.69) is 4.74 Å². The van der Waals surface area contributed by atoms with Gasteiger partial charge in [-0.25, -0.2) is 4.79 Å². The highest BCUT2D eigenvalue weighted by molar-refractivity contribution is 5.89. The molecule has 0 bridgehead atoms. The fraction of sp³-hybridized carbons (Fsp3) is 0.600. The smallest absolute Gasteiger partial charge is 0.465 e. The van der Waals surface area contributed by atoms with Crippen LogP contribution in [0.2, 0.25) is 0 Å². The first kappa shape index (κ1) is 23.0. The van der Waals surface area contributed by atoms with Crippen LogP contribution in [0.5, 0.6) is 5.75 Å². The molecule has 1 aliphatic rings. The summed E-state index contributed by atoms with van der Waals surface area (Å²) in [5.74, 6) is -1.73. The number of benzene rings is 1. The van der Waals surface area contributed by atoms with Gasteiger partial charge in [0, 0.05) is 0 Å². The molecule has 0 aromatic heterocycles. The van der Waals surface area contributed by atoms with Crippen LogP contribution in [0.1, 0.15) is 49.9 Å². The minimum atomic E-state index is -4.82. The molecule has 29 heavy (non-hydrogen) atoms. The zero-order valence-electron chi connectivity index (χ0n) is 16.3. The van der Waals surface area contributed by atoms with Gasteiger partial charge >= 0.3 is 18.3 Å². The number of halogens is 3. The van der Waals surface area contributed by atoms with Crippen LogP contribution in [0.25, 0.3) is 0 Å². The zero-order valence-corrected chi connectivity index (χ0v) is 16.3. The van der Waals surface area contributed by atoms with Crippen molar-refractivity contribution in [3.05, 3.63) is 29.8 Å². The van der Waals surface area contributed by atoms with Gasteiger partial charge < -0.3 is 19.3 Å². The van der Waals surface area contributed by atoms with Crippen molar-refractivity contribution in [3.63, 3.8) is 0 Å². The van der Waals surface area contributed by atoms with Crippen LogP contribution in [0.4, 0.5) is 13.2 Å². The fourth-order valence-electron chi connectivity index (χ4n) is 2.98. The number of hydrogen-bond acceptors (Lipinski definition) is 6. The summed E-state index contributed by atoms with van der Waals surface area (Å²) in [6, 6.07) is 4.34. The van der Waals surface area contributed by atoms with Gasteiger partial charge in [-0.05, 0) is 55.9 Å². The number of rotatable bonds is 7. The lowest BCUT2D eigenvalue weighted by Gasteiger charge is -2.32. The second-order valence-corrected chi connectivity index (χ2v) is 7.20. The van der Waals surface area contributed by atoms with Crippen LogP contribution < -0.4 is 4.74 Å². The molecule has 6 nitrogen and oxygen atoms in total. The van der Waals surface area contributed by atoms with E-state index in [4.69, 9.17) is 9.47 Å². The monoisotopic (exact) mass is 418 g/mol. The molecule has 0 saturated heterocycles. The molecule has 0 heterocycles. The molecule has 4 atom stereocenters. The summed E-state index contributed by atoms with van der Waals surface area (Å²) in [7, 11) is 0. The minimum absolute atomic E-state index is 0.0389. The molecule has 1 aliphatic carbocycles. The normalized spacial score (nSPS) is 23.2. The van der Waals surface area contributed by atoms with Crippen molar-refractivity contribution in [1.29, 1.82) is 0 Å². The van der Waals surface area contributed by atoms with Crippen LogP contribution in [0.15, 0.2) is 24.3 Å². The number of aliphatic hydroxyl groups is 1. The molecule has 1 fully saturated rings. The number of ether oxygens (including phenoxy) is 3. The molecule has 0 radical (unpaired) electrons. The molecule has 1 N–H and O–H groups in total. The fourth-order valence-corrected chi connectivity index (χ4v) is 2.98. The largest absolute Gasteiger partial charge is 0.573 e. The maximum absolute atomic E-state index is 12.3. The Morgan fingerprint density at radius 3 is 2.45 bits per heavy atom. The summed E-state index contributed by atoms with van der Waals surface area (Å²) >= 11 is 0. The van der Waals surface area contributed by atoms with E-state index in [0.717, 1.165) is 24.3 Å². The molecule has 1 saturated carbocycles. The molecule has 1 aromatic carbocycles. The third-order valence-corrected chi connectivity index (χ3v) is 4.92. The van der Waals surface area contributed by atoms with Gasteiger partial charge in [0.05, 0.1) is 24.2 Å². The Bertz CT molecular complexity index is 688. The number of esters is 2. The van der Waals surface area contributed by atoms with Gasteiger partial charge in [-0.1, -0.05) is 13.8 Å². The minimum Gasteiger partial charge on any atom is -0.465 e. The SMILES string of the molecule is CCC(C)C(=O)OCC1CCC(O)C(OC(=O)c2ccc(OC(F)(F)F)cc2)C1. The second-order valence-electron chi connectivity index (χ2n) is 7.20. The lowest BCUT2D eigenvalue weighted by atomic mass is 9.85. The number of hydrogen-bond donors (Lipinski definition) is 1. The molecule has 2 rings (SSSR count). The summed E-state index contributed by atoms with van der Waals surface area (Å²) in [6.07, 6.45) is -4.43. The van der Waals surface area contributed by atoms with Gasteiger partial charge in [-0.15, -0.1) is 13.2 Å². The van der Waals surface area contributed by atoms with E-state index in [9.17, 15) is 27.9 Å². The van der Waals surface area contributed by atoms with Crippen LogP contribution in [-0.4, -0.2) is 42.2 Å². The number of carbonyl (C=O) groups excluding carboxylic acids is 2. The Balaban J connectivity index is 1.90. The summed E-state index contributed by atoms with van der Waals surface area (Å²) in [6.45, 7) is 3.86. The van der Waals surface area contributed by atoms with Gasteiger partial charge in [0.1, 0.15) is 11.9 Å². The third-order valence-electron chi connectivity index (χ3n) is 4.92. The highest BCUT2D eigenvalue weighted by Gasteiger charge is 2.34. The van der Waals surface area contributed by atoms with Gasteiger partial charge in [0.15, 0.2) is 0 Å². The average Bonchev–Trinajstić information content (AvgIpc) is 2.66. The maximum Gasteiger partial charge on any atom is 0.573 e. The van der Waals surface area contributed by atoms with E-state index >= 15 is 0 Å². The number of carbonyl (C=O) groups is 2. The molecule has 162 valence electrons. The van der Waals surface area contributed by atoms with E-state index in [0.29, 0.717) is 25.7 Å². The van der Waals surface area contributed by atoms with E-state index in [-0.39, 0.29) is 30.0 Å². The van der Waals surface area contributed by atoms with Crippen molar-refractivity contribution in [2.75, 3.05) is 6.61 Å². The third kappa shape index (κ3) is 7.23.